The molecule has 0 amide bonds. The Labute approximate surface area is 84.6 Å². The van der Waals surface area contributed by atoms with Crippen LogP contribution in [-0.4, -0.2) is 13.9 Å². The number of halogens is 3. The number of nitrogens with two attached hydrogens (primary N) is 1. The Morgan fingerprint density at radius 2 is 1.80 bits per heavy atom. The van der Waals surface area contributed by atoms with Crippen molar-refractivity contribution in [3.8, 4) is 0 Å². The molecule has 1 rings (SSSR count). The van der Waals surface area contributed by atoms with Gasteiger partial charge in [0.25, 0.3) is 9.84 Å². The van der Waals surface area contributed by atoms with Crippen molar-refractivity contribution in [2.24, 2.45) is 0 Å². The Morgan fingerprint density at radius 1 is 1.27 bits per heavy atom. The van der Waals surface area contributed by atoms with Crippen molar-refractivity contribution in [3.63, 3.8) is 0 Å². The summed E-state index contributed by atoms with van der Waals surface area (Å²) >= 11 is 0. The molecule has 0 aliphatic heterocycles. The summed E-state index contributed by atoms with van der Waals surface area (Å²) in [5.41, 5.74) is -0.141. The van der Waals surface area contributed by atoms with Crippen LogP contribution in [0.4, 0.5) is 18.9 Å². The van der Waals surface area contributed by atoms with Crippen molar-refractivity contribution in [1.29, 1.82) is 0 Å². The fourth-order valence-corrected chi connectivity index (χ4v) is 1.97. The summed E-state index contributed by atoms with van der Waals surface area (Å²) in [5.74, 6) is 0. The lowest BCUT2D eigenvalue weighted by atomic mass is 10.2. The molecule has 0 fully saturated rings. The number of aryl methyl sites for hydroxylation is 1. The quantitative estimate of drug-likeness (QED) is 0.761. The summed E-state index contributed by atoms with van der Waals surface area (Å²) in [6, 6.07) is 3.47. The second-order valence-corrected chi connectivity index (χ2v) is 4.90. The molecule has 15 heavy (non-hydrogen) atoms. The Hall–Kier alpha value is -1.24. The van der Waals surface area contributed by atoms with E-state index in [1.165, 1.54) is 13.0 Å². The predicted molar refractivity (Wildman–Crippen MR) is 48.8 cm³/mol. The minimum atomic E-state index is -5.35. The van der Waals surface area contributed by atoms with Gasteiger partial charge in [-0.05, 0) is 24.6 Å². The molecule has 0 aliphatic carbocycles. The lowest BCUT2D eigenvalue weighted by Gasteiger charge is -2.10. The van der Waals surface area contributed by atoms with Crippen LogP contribution in [0.1, 0.15) is 5.56 Å². The summed E-state index contributed by atoms with van der Waals surface area (Å²) in [4.78, 5) is -0.894. The third kappa shape index (κ3) is 2.06. The molecule has 0 unspecified atom stereocenters. The van der Waals surface area contributed by atoms with Crippen LogP contribution in [0.5, 0.6) is 0 Å². The number of nitrogen functional groups attached to an aromatic ring is 1. The van der Waals surface area contributed by atoms with Gasteiger partial charge in [0, 0.05) is 0 Å². The largest absolute Gasteiger partial charge is 0.501 e. The summed E-state index contributed by atoms with van der Waals surface area (Å²) in [5, 5.41) is 0. The van der Waals surface area contributed by atoms with E-state index < -0.39 is 25.9 Å². The monoisotopic (exact) mass is 239 g/mol. The van der Waals surface area contributed by atoms with Crippen LogP contribution < -0.4 is 5.73 Å². The third-order valence-corrected chi connectivity index (χ3v) is 3.31. The van der Waals surface area contributed by atoms with E-state index in [-0.39, 0.29) is 0 Å². The average Bonchev–Trinajstić information content (AvgIpc) is 2.07. The topological polar surface area (TPSA) is 60.2 Å². The molecule has 0 bridgehead atoms. The summed E-state index contributed by atoms with van der Waals surface area (Å²) in [6.45, 7) is 1.48. The maximum absolute atomic E-state index is 12.2. The molecule has 0 aliphatic rings. The van der Waals surface area contributed by atoms with Gasteiger partial charge in [-0.3, -0.25) is 0 Å². The van der Waals surface area contributed by atoms with E-state index in [4.69, 9.17) is 5.73 Å². The molecular formula is C8H8F3NO2S. The van der Waals surface area contributed by atoms with Crippen LogP contribution in [0, 0.1) is 6.92 Å². The fraction of sp³-hybridized carbons (Fsp3) is 0.250. The van der Waals surface area contributed by atoms with E-state index in [0.717, 1.165) is 12.1 Å². The van der Waals surface area contributed by atoms with Gasteiger partial charge in [-0.25, -0.2) is 8.42 Å². The molecule has 1 aromatic rings. The first-order valence-corrected chi connectivity index (χ1v) is 5.32. The Bertz CT molecular complexity index is 479. The van der Waals surface area contributed by atoms with Crippen molar-refractivity contribution < 1.29 is 21.6 Å². The van der Waals surface area contributed by atoms with Crippen LogP contribution in [0.2, 0.25) is 0 Å². The first-order chi connectivity index (χ1) is 6.66. The van der Waals surface area contributed by atoms with Crippen molar-refractivity contribution in [2.75, 3.05) is 5.73 Å². The normalized spacial score (nSPS) is 12.8. The first kappa shape index (κ1) is 11.8. The fourth-order valence-electron chi connectivity index (χ4n) is 0.999. The average molecular weight is 239 g/mol. The first-order valence-electron chi connectivity index (χ1n) is 3.84. The van der Waals surface area contributed by atoms with Crippen molar-refractivity contribution in [1.82, 2.24) is 0 Å². The number of sulfone groups is 1. The number of anilines is 1. The van der Waals surface area contributed by atoms with Crippen LogP contribution in [0.3, 0.4) is 0 Å². The van der Waals surface area contributed by atoms with E-state index in [2.05, 4.69) is 0 Å². The molecule has 0 spiro atoms. The van der Waals surface area contributed by atoms with Crippen LogP contribution in [-0.2, 0) is 9.84 Å². The molecular weight excluding hydrogens is 231 g/mol. The smallest absolute Gasteiger partial charge is 0.398 e. The van der Waals surface area contributed by atoms with Crippen LogP contribution >= 0.6 is 0 Å². The highest BCUT2D eigenvalue weighted by atomic mass is 32.2. The molecule has 3 nitrogen and oxygen atoms in total. The summed E-state index contributed by atoms with van der Waals surface area (Å²) < 4.78 is 58.6. The molecule has 0 saturated carbocycles. The van der Waals surface area contributed by atoms with Gasteiger partial charge in [0.15, 0.2) is 0 Å². The minimum absolute atomic E-state index is 0.395. The van der Waals surface area contributed by atoms with Crippen molar-refractivity contribution in [3.05, 3.63) is 23.8 Å². The molecule has 0 heterocycles. The Kier molecular flexibility index (Phi) is 2.69. The number of alkyl halides is 3. The summed E-state index contributed by atoms with van der Waals surface area (Å²) in [7, 11) is -5.35. The van der Waals surface area contributed by atoms with Gasteiger partial charge in [0.2, 0.25) is 0 Å². The number of hydrogen-bond acceptors (Lipinski definition) is 3. The lowest BCUT2D eigenvalue weighted by Crippen LogP contribution is -2.24. The molecule has 2 N–H and O–H groups in total. The second kappa shape index (κ2) is 3.41. The molecule has 0 aromatic heterocycles. The van der Waals surface area contributed by atoms with E-state index in [1.807, 2.05) is 0 Å². The zero-order chi connectivity index (χ0) is 11.9. The molecule has 0 saturated heterocycles. The van der Waals surface area contributed by atoms with Gasteiger partial charge < -0.3 is 5.73 Å². The lowest BCUT2D eigenvalue weighted by molar-refractivity contribution is -0.0435. The number of rotatable bonds is 1. The van der Waals surface area contributed by atoms with Gasteiger partial charge in [0.05, 0.1) is 10.6 Å². The molecule has 7 heteroatoms. The highest BCUT2D eigenvalue weighted by Gasteiger charge is 2.47. The van der Waals surface area contributed by atoms with Crippen molar-refractivity contribution in [2.45, 2.75) is 17.3 Å². The summed E-state index contributed by atoms with van der Waals surface area (Å²) in [6.07, 6.45) is 0. The third-order valence-electron chi connectivity index (χ3n) is 1.76. The maximum Gasteiger partial charge on any atom is 0.501 e. The van der Waals surface area contributed by atoms with Gasteiger partial charge in [0.1, 0.15) is 0 Å². The van der Waals surface area contributed by atoms with Gasteiger partial charge in [-0.15, -0.1) is 0 Å². The zero-order valence-corrected chi connectivity index (χ0v) is 8.48. The highest BCUT2D eigenvalue weighted by molar-refractivity contribution is 7.92. The maximum atomic E-state index is 12.2. The molecule has 84 valence electrons. The second-order valence-electron chi connectivity index (χ2n) is 2.99. The van der Waals surface area contributed by atoms with Crippen LogP contribution in [0.15, 0.2) is 23.1 Å². The standard InChI is InChI=1S/C8H8F3NO2S/c1-5-2-3-6(12)7(4-5)15(13,14)8(9,10)11/h2-4H,12H2,1H3. The molecule has 1 aromatic carbocycles. The molecule has 0 atom stereocenters. The Morgan fingerprint density at radius 3 is 2.27 bits per heavy atom. The van der Waals surface area contributed by atoms with E-state index in [1.54, 1.807) is 0 Å². The predicted octanol–water partition coefficient (Wildman–Crippen LogP) is 1.87. The number of hydrogen-bond donors (Lipinski definition) is 1. The van der Waals surface area contributed by atoms with Gasteiger partial charge >= 0.3 is 5.51 Å². The van der Waals surface area contributed by atoms with E-state index in [9.17, 15) is 21.6 Å². The van der Waals surface area contributed by atoms with Crippen LogP contribution in [0.25, 0.3) is 0 Å². The Balaban J connectivity index is 3.47. The van der Waals surface area contributed by atoms with Crippen molar-refractivity contribution >= 4 is 15.5 Å². The highest BCUT2D eigenvalue weighted by Crippen LogP contribution is 2.33. The van der Waals surface area contributed by atoms with E-state index in [0.29, 0.717) is 5.56 Å². The van der Waals surface area contributed by atoms with Gasteiger partial charge in [-0.2, -0.15) is 13.2 Å². The zero-order valence-electron chi connectivity index (χ0n) is 7.67. The van der Waals surface area contributed by atoms with E-state index >= 15 is 0 Å². The SMILES string of the molecule is Cc1ccc(N)c(S(=O)(=O)C(F)(F)F)c1. The van der Waals surface area contributed by atoms with Gasteiger partial charge in [-0.1, -0.05) is 6.07 Å². The molecule has 0 radical (unpaired) electrons. The minimum Gasteiger partial charge on any atom is -0.398 e. The number of benzene rings is 1.